The summed E-state index contributed by atoms with van der Waals surface area (Å²) in [6.07, 6.45) is 2.91. The van der Waals surface area contributed by atoms with E-state index in [9.17, 15) is 9.59 Å². The molecule has 1 aromatic carbocycles. The highest BCUT2D eigenvalue weighted by molar-refractivity contribution is 8.16. The van der Waals surface area contributed by atoms with E-state index in [0.717, 1.165) is 5.69 Å². The third-order valence-electron chi connectivity index (χ3n) is 3.65. The summed E-state index contributed by atoms with van der Waals surface area (Å²) in [5.41, 5.74) is 2.03. The lowest BCUT2D eigenvalue weighted by Crippen LogP contribution is -2.27. The van der Waals surface area contributed by atoms with Crippen LogP contribution >= 0.6 is 23.5 Å². The van der Waals surface area contributed by atoms with Gasteiger partial charge in [0, 0.05) is 18.7 Å². The average Bonchev–Trinajstić information content (AvgIpc) is 3.17. The van der Waals surface area contributed by atoms with Crippen LogP contribution in [0.1, 0.15) is 33.5 Å². The van der Waals surface area contributed by atoms with Crippen LogP contribution in [0.4, 0.5) is 5.69 Å². The molecule has 1 aromatic heterocycles. The molecule has 2 N–H and O–H groups in total. The van der Waals surface area contributed by atoms with Gasteiger partial charge in [-0.2, -0.15) is 0 Å². The summed E-state index contributed by atoms with van der Waals surface area (Å²) < 4.78 is 5.45. The number of benzene rings is 1. The fraction of sp³-hybridized carbons (Fsp3) is 0.333. The molecule has 0 radical (unpaired) electrons. The lowest BCUT2D eigenvalue weighted by molar-refractivity contribution is -0.116. The van der Waals surface area contributed by atoms with Gasteiger partial charge in [0.15, 0.2) is 5.76 Å². The van der Waals surface area contributed by atoms with Gasteiger partial charge in [-0.25, -0.2) is 0 Å². The lowest BCUT2D eigenvalue weighted by Gasteiger charge is -2.21. The molecule has 25 heavy (non-hydrogen) atoms. The summed E-state index contributed by atoms with van der Waals surface area (Å²) in [4.78, 5) is 23.8. The van der Waals surface area contributed by atoms with Crippen LogP contribution < -0.4 is 10.6 Å². The van der Waals surface area contributed by atoms with Crippen molar-refractivity contribution in [2.24, 2.45) is 0 Å². The van der Waals surface area contributed by atoms with Crippen molar-refractivity contribution in [3.8, 4) is 0 Å². The Hall–Kier alpha value is -1.86. The summed E-state index contributed by atoms with van der Waals surface area (Å²) in [5.74, 6) is 2.18. The monoisotopic (exact) mass is 376 g/mol. The van der Waals surface area contributed by atoms with E-state index in [1.807, 2.05) is 41.7 Å². The first-order valence-electron chi connectivity index (χ1n) is 8.17. The summed E-state index contributed by atoms with van der Waals surface area (Å²) in [6, 6.07) is 11.2. The maximum absolute atomic E-state index is 12.1. The molecule has 1 fully saturated rings. The lowest BCUT2D eigenvalue weighted by atomic mass is 10.2. The Kier molecular flexibility index (Phi) is 6.47. The van der Waals surface area contributed by atoms with Gasteiger partial charge in [0.25, 0.3) is 5.91 Å². The molecule has 2 aromatic rings. The van der Waals surface area contributed by atoms with Gasteiger partial charge in [-0.15, -0.1) is 23.5 Å². The molecule has 5 nitrogen and oxygen atoms in total. The minimum atomic E-state index is -0.314. The first kappa shape index (κ1) is 17.9. The highest BCUT2D eigenvalue weighted by Gasteiger charge is 2.17. The predicted octanol–water partition coefficient (Wildman–Crippen LogP) is 3.91. The van der Waals surface area contributed by atoms with Crippen LogP contribution in [0.3, 0.4) is 0 Å². The summed E-state index contributed by atoms with van der Waals surface area (Å²) >= 11 is 3.91. The van der Waals surface area contributed by atoms with Crippen molar-refractivity contribution in [1.82, 2.24) is 5.32 Å². The molecule has 3 rings (SSSR count). The highest BCUT2D eigenvalue weighted by Crippen LogP contribution is 2.43. The van der Waals surface area contributed by atoms with Gasteiger partial charge in [0.05, 0.1) is 10.8 Å². The Morgan fingerprint density at radius 1 is 1.16 bits per heavy atom. The molecule has 0 saturated carbocycles. The Morgan fingerprint density at radius 3 is 2.76 bits per heavy atom. The molecular weight excluding hydrogens is 356 g/mol. The molecule has 2 heterocycles. The maximum atomic E-state index is 12.1. The zero-order chi connectivity index (χ0) is 17.5. The number of hydrogen-bond donors (Lipinski definition) is 2. The number of furan rings is 1. The fourth-order valence-electron chi connectivity index (χ4n) is 2.45. The van der Waals surface area contributed by atoms with Crippen LogP contribution in [0, 0.1) is 0 Å². The van der Waals surface area contributed by atoms with Crippen LogP contribution in [0.5, 0.6) is 0 Å². The van der Waals surface area contributed by atoms with Gasteiger partial charge in [0.2, 0.25) is 5.91 Å². The Bertz CT molecular complexity index is 713. The van der Waals surface area contributed by atoms with Crippen LogP contribution in [0.15, 0.2) is 47.1 Å². The minimum absolute atomic E-state index is 0.124. The van der Waals surface area contributed by atoms with Crippen molar-refractivity contribution in [3.05, 3.63) is 54.0 Å². The molecule has 0 unspecified atom stereocenters. The number of thioether (sulfide) groups is 2. The van der Waals surface area contributed by atoms with E-state index in [1.165, 1.54) is 29.8 Å². The van der Waals surface area contributed by atoms with Crippen molar-refractivity contribution in [2.75, 3.05) is 23.4 Å². The maximum Gasteiger partial charge on any atom is 0.286 e. The van der Waals surface area contributed by atoms with E-state index in [0.29, 0.717) is 4.58 Å². The Labute approximate surface area is 155 Å². The molecule has 1 aliphatic rings. The SMILES string of the molecule is O=C(CCNC(=O)c1ccco1)Nc1cccc(C2SCCCS2)c1. The molecule has 0 atom stereocenters. The van der Waals surface area contributed by atoms with Crippen LogP contribution in [-0.4, -0.2) is 29.9 Å². The van der Waals surface area contributed by atoms with Crippen molar-refractivity contribution < 1.29 is 14.0 Å². The van der Waals surface area contributed by atoms with E-state index in [4.69, 9.17) is 4.42 Å². The zero-order valence-corrected chi connectivity index (χ0v) is 15.3. The molecule has 0 bridgehead atoms. The van der Waals surface area contributed by atoms with Crippen molar-refractivity contribution in [3.63, 3.8) is 0 Å². The standard InChI is InChI=1S/C18H20N2O3S2/c21-16(7-8-19-17(22)15-6-2-9-23-15)20-14-5-1-4-13(12-14)18-24-10-3-11-25-18/h1-2,4-6,9,12,18H,3,7-8,10-11H2,(H,19,22)(H,20,21). The molecular formula is C18H20N2O3S2. The number of carbonyl (C=O) groups excluding carboxylic acids is 2. The molecule has 1 aliphatic heterocycles. The average molecular weight is 377 g/mol. The Balaban J connectivity index is 1.46. The fourth-order valence-corrected chi connectivity index (χ4v) is 5.32. The molecule has 132 valence electrons. The van der Waals surface area contributed by atoms with E-state index in [2.05, 4.69) is 16.7 Å². The molecule has 2 amide bonds. The first-order valence-corrected chi connectivity index (χ1v) is 10.3. The minimum Gasteiger partial charge on any atom is -0.459 e. The van der Waals surface area contributed by atoms with Crippen LogP contribution in [0.25, 0.3) is 0 Å². The molecule has 0 aliphatic carbocycles. The molecule has 7 heteroatoms. The van der Waals surface area contributed by atoms with Gasteiger partial charge < -0.3 is 15.1 Å². The summed E-state index contributed by atoms with van der Waals surface area (Å²) in [6.45, 7) is 0.263. The van der Waals surface area contributed by atoms with Gasteiger partial charge in [-0.05, 0) is 47.8 Å². The molecule has 0 spiro atoms. The van der Waals surface area contributed by atoms with Crippen molar-refractivity contribution >= 4 is 41.0 Å². The topological polar surface area (TPSA) is 71.3 Å². The van der Waals surface area contributed by atoms with Crippen molar-refractivity contribution in [2.45, 2.75) is 17.4 Å². The third-order valence-corrected chi connectivity index (χ3v) is 6.67. The largest absolute Gasteiger partial charge is 0.459 e. The number of amides is 2. The van der Waals surface area contributed by atoms with Crippen LogP contribution in [-0.2, 0) is 4.79 Å². The number of carbonyl (C=O) groups is 2. The number of hydrogen-bond acceptors (Lipinski definition) is 5. The van der Waals surface area contributed by atoms with Gasteiger partial charge >= 0.3 is 0 Å². The molecule has 1 saturated heterocycles. The summed E-state index contributed by atoms with van der Waals surface area (Å²) in [7, 11) is 0. The van der Waals surface area contributed by atoms with Crippen LogP contribution in [0.2, 0.25) is 0 Å². The number of nitrogens with one attached hydrogen (secondary N) is 2. The first-order chi connectivity index (χ1) is 12.2. The predicted molar refractivity (Wildman–Crippen MR) is 103 cm³/mol. The normalized spacial score (nSPS) is 14.9. The van der Waals surface area contributed by atoms with E-state index >= 15 is 0 Å². The Morgan fingerprint density at radius 2 is 2.00 bits per heavy atom. The van der Waals surface area contributed by atoms with E-state index in [-0.39, 0.29) is 30.5 Å². The second-order valence-corrected chi connectivity index (χ2v) is 8.31. The van der Waals surface area contributed by atoms with E-state index < -0.39 is 0 Å². The highest BCUT2D eigenvalue weighted by atomic mass is 32.2. The third kappa shape index (κ3) is 5.31. The van der Waals surface area contributed by atoms with Gasteiger partial charge in [-0.3, -0.25) is 9.59 Å². The van der Waals surface area contributed by atoms with Crippen molar-refractivity contribution in [1.29, 1.82) is 0 Å². The smallest absolute Gasteiger partial charge is 0.286 e. The zero-order valence-electron chi connectivity index (χ0n) is 13.7. The second-order valence-electron chi connectivity index (χ2n) is 5.58. The second kappa shape index (κ2) is 9.01. The number of rotatable bonds is 6. The quantitative estimate of drug-likeness (QED) is 0.800. The summed E-state index contributed by atoms with van der Waals surface area (Å²) in [5, 5.41) is 5.56. The van der Waals surface area contributed by atoms with Gasteiger partial charge in [-0.1, -0.05) is 12.1 Å². The number of anilines is 1. The van der Waals surface area contributed by atoms with Gasteiger partial charge in [0.1, 0.15) is 0 Å². The van der Waals surface area contributed by atoms with E-state index in [1.54, 1.807) is 12.1 Å².